The van der Waals surface area contributed by atoms with E-state index in [9.17, 15) is 0 Å². The molecule has 0 saturated carbocycles. The Morgan fingerprint density at radius 2 is 1.17 bits per heavy atom. The van der Waals surface area contributed by atoms with Gasteiger partial charge in [0.2, 0.25) is 0 Å². The standard InChI is InChI=1S/C18H18N2S3/c1-13-7-3-5-9-15(13)11-21-17-19-20-18(23-17)22-12-16-10-6-4-8-14(16)2/h3-10H,11-12H2,1-2H3. The van der Waals surface area contributed by atoms with E-state index in [0.29, 0.717) is 0 Å². The van der Waals surface area contributed by atoms with E-state index in [1.165, 1.54) is 22.3 Å². The lowest BCUT2D eigenvalue weighted by Gasteiger charge is -2.03. The van der Waals surface area contributed by atoms with E-state index in [2.05, 4.69) is 72.6 Å². The van der Waals surface area contributed by atoms with Gasteiger partial charge in [-0.25, -0.2) is 0 Å². The lowest BCUT2D eigenvalue weighted by Crippen LogP contribution is -1.85. The first kappa shape index (κ1) is 16.6. The van der Waals surface area contributed by atoms with E-state index in [4.69, 9.17) is 0 Å². The summed E-state index contributed by atoms with van der Waals surface area (Å²) in [7, 11) is 0. The third-order valence-corrected chi connectivity index (χ3v) is 6.90. The average Bonchev–Trinajstić information content (AvgIpc) is 3.01. The Morgan fingerprint density at radius 1 is 0.739 bits per heavy atom. The van der Waals surface area contributed by atoms with Gasteiger partial charge in [-0.3, -0.25) is 0 Å². The monoisotopic (exact) mass is 358 g/mol. The number of nitrogens with zero attached hydrogens (tertiary/aromatic N) is 2. The molecule has 0 atom stereocenters. The van der Waals surface area contributed by atoms with Crippen molar-refractivity contribution in [3.05, 3.63) is 70.8 Å². The summed E-state index contributed by atoms with van der Waals surface area (Å²) >= 11 is 5.22. The van der Waals surface area contributed by atoms with E-state index in [0.717, 1.165) is 20.2 Å². The van der Waals surface area contributed by atoms with Crippen LogP contribution in [0.1, 0.15) is 22.3 Å². The summed E-state index contributed by atoms with van der Waals surface area (Å²) in [5, 5.41) is 8.61. The van der Waals surface area contributed by atoms with Crippen molar-refractivity contribution in [1.82, 2.24) is 10.2 Å². The maximum absolute atomic E-state index is 4.31. The van der Waals surface area contributed by atoms with Crippen LogP contribution in [0, 0.1) is 13.8 Å². The van der Waals surface area contributed by atoms with E-state index >= 15 is 0 Å². The molecule has 0 aliphatic rings. The van der Waals surface area contributed by atoms with E-state index in [1.54, 1.807) is 34.9 Å². The summed E-state index contributed by atoms with van der Waals surface area (Å²) in [4.78, 5) is 0. The van der Waals surface area contributed by atoms with Gasteiger partial charge in [0.25, 0.3) is 0 Å². The first-order valence-corrected chi connectivity index (χ1v) is 10.2. The van der Waals surface area contributed by atoms with Gasteiger partial charge in [0.1, 0.15) is 0 Å². The van der Waals surface area contributed by atoms with Gasteiger partial charge in [-0.1, -0.05) is 83.4 Å². The Hall–Kier alpha value is -1.30. The van der Waals surface area contributed by atoms with Crippen molar-refractivity contribution in [2.24, 2.45) is 0 Å². The third kappa shape index (κ3) is 4.59. The van der Waals surface area contributed by atoms with Crippen molar-refractivity contribution in [2.45, 2.75) is 34.0 Å². The van der Waals surface area contributed by atoms with Crippen LogP contribution in [-0.2, 0) is 11.5 Å². The summed E-state index contributed by atoms with van der Waals surface area (Å²) in [6.45, 7) is 4.30. The van der Waals surface area contributed by atoms with Gasteiger partial charge >= 0.3 is 0 Å². The molecule has 0 radical (unpaired) electrons. The van der Waals surface area contributed by atoms with Crippen molar-refractivity contribution in [3.8, 4) is 0 Å². The lowest BCUT2D eigenvalue weighted by atomic mass is 10.1. The van der Waals surface area contributed by atoms with Gasteiger partial charge in [0.05, 0.1) is 0 Å². The van der Waals surface area contributed by atoms with Crippen molar-refractivity contribution >= 4 is 34.9 Å². The Balaban J connectivity index is 1.56. The van der Waals surface area contributed by atoms with Gasteiger partial charge in [-0.05, 0) is 36.1 Å². The number of aryl methyl sites for hydroxylation is 2. The molecule has 1 aromatic heterocycles. The molecule has 0 spiro atoms. The maximum atomic E-state index is 4.31. The Labute approximate surface area is 149 Å². The summed E-state index contributed by atoms with van der Waals surface area (Å²) in [6.07, 6.45) is 0. The largest absolute Gasteiger partial charge is 0.175 e. The van der Waals surface area contributed by atoms with Gasteiger partial charge in [-0.2, -0.15) is 0 Å². The van der Waals surface area contributed by atoms with Gasteiger partial charge < -0.3 is 0 Å². The maximum Gasteiger partial charge on any atom is 0.175 e. The molecule has 2 nitrogen and oxygen atoms in total. The summed E-state index contributed by atoms with van der Waals surface area (Å²) < 4.78 is 2.08. The summed E-state index contributed by atoms with van der Waals surface area (Å²) in [5.41, 5.74) is 5.39. The molecule has 118 valence electrons. The molecule has 5 heteroatoms. The highest BCUT2D eigenvalue weighted by Gasteiger charge is 2.08. The molecule has 0 aliphatic carbocycles. The number of hydrogen-bond donors (Lipinski definition) is 0. The SMILES string of the molecule is Cc1ccccc1CSc1nnc(SCc2ccccc2C)s1. The molecular formula is C18H18N2S3. The van der Waals surface area contributed by atoms with E-state index < -0.39 is 0 Å². The Kier molecular flexibility index (Phi) is 5.75. The summed E-state index contributed by atoms with van der Waals surface area (Å²) in [5.74, 6) is 1.90. The fraction of sp³-hybridized carbons (Fsp3) is 0.222. The van der Waals surface area contributed by atoms with Crippen LogP contribution in [0.25, 0.3) is 0 Å². The number of thioether (sulfide) groups is 2. The molecule has 3 aromatic rings. The lowest BCUT2D eigenvalue weighted by molar-refractivity contribution is 0.954. The quantitative estimate of drug-likeness (QED) is 0.525. The van der Waals surface area contributed by atoms with Crippen molar-refractivity contribution in [3.63, 3.8) is 0 Å². The highest BCUT2D eigenvalue weighted by atomic mass is 32.2. The van der Waals surface area contributed by atoms with Gasteiger partial charge in [0.15, 0.2) is 8.68 Å². The van der Waals surface area contributed by atoms with Crippen molar-refractivity contribution in [2.75, 3.05) is 0 Å². The van der Waals surface area contributed by atoms with Crippen molar-refractivity contribution < 1.29 is 0 Å². The van der Waals surface area contributed by atoms with Crippen LogP contribution in [0.4, 0.5) is 0 Å². The second-order valence-electron chi connectivity index (χ2n) is 5.26. The summed E-state index contributed by atoms with van der Waals surface area (Å²) in [6, 6.07) is 17.0. The molecule has 0 fully saturated rings. The molecule has 0 unspecified atom stereocenters. The predicted molar refractivity (Wildman–Crippen MR) is 101 cm³/mol. The highest BCUT2D eigenvalue weighted by molar-refractivity contribution is 8.02. The van der Waals surface area contributed by atoms with Crippen LogP contribution in [0.15, 0.2) is 57.2 Å². The molecule has 0 aliphatic heterocycles. The molecule has 23 heavy (non-hydrogen) atoms. The minimum absolute atomic E-state index is 0.948. The van der Waals surface area contributed by atoms with Crippen LogP contribution >= 0.6 is 34.9 Å². The third-order valence-electron chi connectivity index (χ3n) is 3.61. The Bertz CT molecular complexity index is 719. The number of rotatable bonds is 6. The molecule has 2 aromatic carbocycles. The van der Waals surface area contributed by atoms with Crippen LogP contribution < -0.4 is 0 Å². The second kappa shape index (κ2) is 7.99. The first-order chi connectivity index (χ1) is 11.2. The normalized spacial score (nSPS) is 10.9. The van der Waals surface area contributed by atoms with Gasteiger partial charge in [-0.15, -0.1) is 10.2 Å². The molecular weight excluding hydrogens is 340 g/mol. The second-order valence-corrected chi connectivity index (χ2v) is 8.69. The van der Waals surface area contributed by atoms with Gasteiger partial charge in [0, 0.05) is 11.5 Å². The van der Waals surface area contributed by atoms with E-state index in [1.807, 2.05) is 0 Å². The minimum Gasteiger partial charge on any atom is -0.131 e. The molecule has 1 heterocycles. The van der Waals surface area contributed by atoms with Crippen LogP contribution in [0.5, 0.6) is 0 Å². The molecule has 0 bridgehead atoms. The van der Waals surface area contributed by atoms with Crippen LogP contribution in [0.2, 0.25) is 0 Å². The average molecular weight is 359 g/mol. The fourth-order valence-electron chi connectivity index (χ4n) is 2.14. The highest BCUT2D eigenvalue weighted by Crippen LogP contribution is 2.33. The molecule has 0 N–H and O–H groups in total. The number of benzene rings is 2. The van der Waals surface area contributed by atoms with E-state index in [-0.39, 0.29) is 0 Å². The predicted octanol–water partition coefficient (Wildman–Crippen LogP) is 5.74. The van der Waals surface area contributed by atoms with Crippen LogP contribution in [0.3, 0.4) is 0 Å². The number of aromatic nitrogens is 2. The topological polar surface area (TPSA) is 25.8 Å². The zero-order valence-corrected chi connectivity index (χ0v) is 15.6. The smallest absolute Gasteiger partial charge is 0.131 e. The zero-order valence-electron chi connectivity index (χ0n) is 13.2. The molecule has 0 saturated heterocycles. The Morgan fingerprint density at radius 3 is 1.61 bits per heavy atom. The minimum atomic E-state index is 0.948. The fourth-order valence-corrected chi connectivity index (χ4v) is 5.31. The molecule has 0 amide bonds. The van der Waals surface area contributed by atoms with Crippen LogP contribution in [-0.4, -0.2) is 10.2 Å². The molecule has 3 rings (SSSR count). The number of hydrogen-bond acceptors (Lipinski definition) is 5. The zero-order chi connectivity index (χ0) is 16.1. The van der Waals surface area contributed by atoms with Crippen molar-refractivity contribution in [1.29, 1.82) is 0 Å². The first-order valence-electron chi connectivity index (χ1n) is 7.40.